The van der Waals surface area contributed by atoms with E-state index in [1.54, 1.807) is 0 Å². The van der Waals surface area contributed by atoms with E-state index in [2.05, 4.69) is 0 Å². The van der Waals surface area contributed by atoms with Crippen LogP contribution in [-0.2, 0) is 14.6 Å². The number of carboxylic acids is 1. The van der Waals surface area contributed by atoms with E-state index in [0.29, 0.717) is 6.08 Å². The first-order valence-corrected chi connectivity index (χ1v) is 7.41. The average molecular weight is 298 g/mol. The quantitative estimate of drug-likeness (QED) is 0.565. The zero-order valence-corrected chi connectivity index (χ0v) is 11.3. The van der Waals surface area contributed by atoms with Gasteiger partial charge in [0.15, 0.2) is 15.6 Å². The van der Waals surface area contributed by atoms with Gasteiger partial charge in [0.2, 0.25) is 0 Å². The third-order valence-electron chi connectivity index (χ3n) is 2.45. The summed E-state index contributed by atoms with van der Waals surface area (Å²) in [5.74, 6) is -1.93. The SMILES string of the molecule is O=C(O)/C=C/C(=O)c1ccc(S(=O)(=O)CCCO)cc1. The Kier molecular flexibility index (Phi) is 5.60. The van der Waals surface area contributed by atoms with Crippen LogP contribution in [0.25, 0.3) is 0 Å². The van der Waals surface area contributed by atoms with Crippen molar-refractivity contribution in [2.24, 2.45) is 0 Å². The number of benzene rings is 1. The molecule has 1 rings (SSSR count). The third kappa shape index (κ3) is 4.60. The Labute approximate surface area is 116 Å². The molecule has 0 heterocycles. The molecule has 0 aliphatic rings. The van der Waals surface area contributed by atoms with E-state index in [-0.39, 0.29) is 29.2 Å². The van der Waals surface area contributed by atoms with Crippen LogP contribution in [0.3, 0.4) is 0 Å². The summed E-state index contributed by atoms with van der Waals surface area (Å²) >= 11 is 0. The van der Waals surface area contributed by atoms with E-state index >= 15 is 0 Å². The first-order valence-electron chi connectivity index (χ1n) is 5.76. The first-order chi connectivity index (χ1) is 9.36. The molecule has 20 heavy (non-hydrogen) atoms. The monoisotopic (exact) mass is 298 g/mol. The predicted molar refractivity (Wildman–Crippen MR) is 71.3 cm³/mol. The van der Waals surface area contributed by atoms with Gasteiger partial charge in [0.25, 0.3) is 0 Å². The number of ketones is 1. The standard InChI is InChI=1S/C13H14O6S/c14-8-1-9-20(18,19)11-4-2-10(3-5-11)12(15)6-7-13(16)17/h2-7,14H,1,8-9H2,(H,16,17)/b7-6+. The molecule has 0 saturated carbocycles. The summed E-state index contributed by atoms with van der Waals surface area (Å²) < 4.78 is 23.6. The topological polar surface area (TPSA) is 109 Å². The molecule has 0 bridgehead atoms. The summed E-state index contributed by atoms with van der Waals surface area (Å²) in [5, 5.41) is 17.0. The zero-order chi connectivity index (χ0) is 15.2. The highest BCUT2D eigenvalue weighted by Crippen LogP contribution is 2.14. The summed E-state index contributed by atoms with van der Waals surface area (Å²) in [5.41, 5.74) is 0.198. The largest absolute Gasteiger partial charge is 0.478 e. The molecule has 0 aliphatic carbocycles. The normalized spacial score (nSPS) is 11.7. The second kappa shape index (κ2) is 6.97. The van der Waals surface area contributed by atoms with E-state index in [1.807, 2.05) is 0 Å². The molecule has 7 heteroatoms. The Morgan fingerprint density at radius 3 is 2.20 bits per heavy atom. The van der Waals surface area contributed by atoms with E-state index in [1.165, 1.54) is 24.3 Å². The van der Waals surface area contributed by atoms with Crippen LogP contribution in [-0.4, -0.2) is 42.7 Å². The van der Waals surface area contributed by atoms with Crippen molar-refractivity contribution in [1.82, 2.24) is 0 Å². The van der Waals surface area contributed by atoms with Crippen molar-refractivity contribution in [3.8, 4) is 0 Å². The second-order valence-corrected chi connectivity index (χ2v) is 6.07. The number of aliphatic carboxylic acids is 1. The summed E-state index contributed by atoms with van der Waals surface area (Å²) in [6.07, 6.45) is 1.76. The van der Waals surface area contributed by atoms with Gasteiger partial charge < -0.3 is 10.2 Å². The lowest BCUT2D eigenvalue weighted by Crippen LogP contribution is -2.08. The maximum atomic E-state index is 11.8. The number of aliphatic hydroxyl groups excluding tert-OH is 1. The van der Waals surface area contributed by atoms with Crippen LogP contribution in [0.15, 0.2) is 41.3 Å². The average Bonchev–Trinajstić information content (AvgIpc) is 2.42. The maximum Gasteiger partial charge on any atom is 0.328 e. The Morgan fingerprint density at radius 1 is 1.10 bits per heavy atom. The predicted octanol–water partition coefficient (Wildman–Crippen LogP) is 0.666. The van der Waals surface area contributed by atoms with Gasteiger partial charge >= 0.3 is 5.97 Å². The molecule has 0 fully saturated rings. The minimum absolute atomic E-state index is 0.0599. The van der Waals surface area contributed by atoms with Crippen molar-refractivity contribution >= 4 is 21.6 Å². The molecule has 0 spiro atoms. The van der Waals surface area contributed by atoms with Crippen molar-refractivity contribution < 1.29 is 28.2 Å². The Balaban J connectivity index is 2.89. The zero-order valence-electron chi connectivity index (χ0n) is 10.5. The summed E-state index contributed by atoms with van der Waals surface area (Å²) in [7, 11) is -3.47. The van der Waals surface area contributed by atoms with Crippen LogP contribution >= 0.6 is 0 Å². The number of carbonyl (C=O) groups is 2. The number of sulfone groups is 1. The van der Waals surface area contributed by atoms with E-state index in [0.717, 1.165) is 6.08 Å². The van der Waals surface area contributed by atoms with Gasteiger partial charge in [-0.25, -0.2) is 13.2 Å². The van der Waals surface area contributed by atoms with E-state index in [4.69, 9.17) is 10.2 Å². The fourth-order valence-electron chi connectivity index (χ4n) is 1.44. The van der Waals surface area contributed by atoms with Crippen molar-refractivity contribution in [3.63, 3.8) is 0 Å². The molecular weight excluding hydrogens is 284 g/mol. The highest BCUT2D eigenvalue weighted by Gasteiger charge is 2.14. The Morgan fingerprint density at radius 2 is 1.70 bits per heavy atom. The van der Waals surface area contributed by atoms with Crippen molar-refractivity contribution in [2.45, 2.75) is 11.3 Å². The number of hydrogen-bond donors (Lipinski definition) is 2. The van der Waals surface area contributed by atoms with Gasteiger partial charge in [-0.2, -0.15) is 0 Å². The Hall–Kier alpha value is -1.99. The highest BCUT2D eigenvalue weighted by molar-refractivity contribution is 7.91. The maximum absolute atomic E-state index is 11.8. The lowest BCUT2D eigenvalue weighted by atomic mass is 10.1. The number of carboxylic acid groups (broad SMARTS) is 1. The molecule has 0 unspecified atom stereocenters. The molecule has 108 valence electrons. The fraction of sp³-hybridized carbons (Fsp3) is 0.231. The highest BCUT2D eigenvalue weighted by atomic mass is 32.2. The lowest BCUT2D eigenvalue weighted by molar-refractivity contribution is -0.131. The molecular formula is C13H14O6S. The van der Waals surface area contributed by atoms with E-state index in [9.17, 15) is 18.0 Å². The van der Waals surface area contributed by atoms with Gasteiger partial charge in [0.05, 0.1) is 10.6 Å². The second-order valence-electron chi connectivity index (χ2n) is 3.96. The number of rotatable bonds is 7. The van der Waals surface area contributed by atoms with Crippen LogP contribution in [0.2, 0.25) is 0 Å². The van der Waals surface area contributed by atoms with Crippen LogP contribution < -0.4 is 0 Å². The molecule has 2 N–H and O–H groups in total. The molecule has 0 aromatic heterocycles. The van der Waals surface area contributed by atoms with Crippen LogP contribution in [0.5, 0.6) is 0 Å². The van der Waals surface area contributed by atoms with Crippen molar-refractivity contribution in [2.75, 3.05) is 12.4 Å². The fourth-order valence-corrected chi connectivity index (χ4v) is 2.74. The summed E-state index contributed by atoms with van der Waals surface area (Å²) in [4.78, 5) is 21.9. The Bertz CT molecular complexity index is 613. The van der Waals surface area contributed by atoms with Gasteiger partial charge in [0, 0.05) is 18.2 Å². The van der Waals surface area contributed by atoms with Gasteiger partial charge in [-0.05, 0) is 36.8 Å². The molecule has 6 nitrogen and oxygen atoms in total. The van der Waals surface area contributed by atoms with Crippen LogP contribution in [0, 0.1) is 0 Å². The smallest absolute Gasteiger partial charge is 0.328 e. The van der Waals surface area contributed by atoms with Gasteiger partial charge in [-0.15, -0.1) is 0 Å². The summed E-state index contributed by atoms with van der Waals surface area (Å²) in [6, 6.07) is 5.21. The molecule has 1 aromatic carbocycles. The van der Waals surface area contributed by atoms with Crippen molar-refractivity contribution in [3.05, 3.63) is 42.0 Å². The molecule has 0 amide bonds. The molecule has 0 radical (unpaired) electrons. The van der Waals surface area contributed by atoms with E-state index < -0.39 is 21.6 Å². The summed E-state index contributed by atoms with van der Waals surface area (Å²) in [6.45, 7) is -0.213. The molecule has 0 aliphatic heterocycles. The molecule has 0 saturated heterocycles. The molecule has 0 atom stereocenters. The first kappa shape index (κ1) is 16.1. The van der Waals surface area contributed by atoms with Crippen LogP contribution in [0.1, 0.15) is 16.8 Å². The van der Waals surface area contributed by atoms with Gasteiger partial charge in [0.1, 0.15) is 0 Å². The number of aliphatic hydroxyl groups is 1. The number of allylic oxidation sites excluding steroid dienone is 1. The van der Waals surface area contributed by atoms with Crippen LogP contribution in [0.4, 0.5) is 0 Å². The minimum Gasteiger partial charge on any atom is -0.478 e. The number of carbonyl (C=O) groups excluding carboxylic acids is 1. The van der Waals surface area contributed by atoms with Gasteiger partial charge in [-0.1, -0.05) is 0 Å². The minimum atomic E-state index is -3.47. The number of hydrogen-bond acceptors (Lipinski definition) is 5. The molecule has 1 aromatic rings. The third-order valence-corrected chi connectivity index (χ3v) is 4.26. The lowest BCUT2D eigenvalue weighted by Gasteiger charge is -2.04. The van der Waals surface area contributed by atoms with Gasteiger partial charge in [-0.3, -0.25) is 4.79 Å². The van der Waals surface area contributed by atoms with Crippen molar-refractivity contribution in [1.29, 1.82) is 0 Å².